The molecule has 0 radical (unpaired) electrons. The molecule has 1 unspecified atom stereocenters. The van der Waals surface area contributed by atoms with E-state index in [0.29, 0.717) is 12.3 Å². The van der Waals surface area contributed by atoms with Crippen molar-refractivity contribution < 1.29 is 27.6 Å². The van der Waals surface area contributed by atoms with E-state index in [1.807, 2.05) is 24.3 Å². The SMILES string of the molecule is COc1ccccc1C[NH+](C)CC(=O)Nc1ccc(Cl)cc1C(F)(F)F. The van der Waals surface area contributed by atoms with Crippen LogP contribution in [0.5, 0.6) is 5.75 Å². The van der Waals surface area contributed by atoms with Crippen molar-refractivity contribution in [3.05, 3.63) is 58.6 Å². The number of halogens is 4. The summed E-state index contributed by atoms with van der Waals surface area (Å²) < 4.78 is 44.5. The van der Waals surface area contributed by atoms with Crippen molar-refractivity contribution in [1.29, 1.82) is 0 Å². The lowest BCUT2D eigenvalue weighted by Crippen LogP contribution is -3.08. The molecule has 8 heteroatoms. The van der Waals surface area contributed by atoms with E-state index in [2.05, 4.69) is 5.32 Å². The normalized spacial score (nSPS) is 12.5. The number of likely N-dealkylation sites (N-methyl/N-ethyl adjacent to an activating group) is 1. The van der Waals surface area contributed by atoms with Crippen molar-refractivity contribution >= 4 is 23.2 Å². The molecule has 0 fully saturated rings. The molecule has 0 bridgehead atoms. The maximum atomic E-state index is 13.1. The van der Waals surface area contributed by atoms with E-state index < -0.39 is 17.6 Å². The second-order valence-corrected chi connectivity index (χ2v) is 6.29. The monoisotopic (exact) mass is 387 g/mol. The molecule has 0 heterocycles. The predicted octanol–water partition coefficient (Wildman–Crippen LogP) is 3.02. The number of quaternary nitrogens is 1. The van der Waals surface area contributed by atoms with Gasteiger partial charge in [0.05, 0.1) is 25.4 Å². The highest BCUT2D eigenvalue weighted by Crippen LogP contribution is 2.36. The Kier molecular flexibility index (Phi) is 6.50. The molecule has 0 saturated carbocycles. The third-order valence-electron chi connectivity index (χ3n) is 3.71. The van der Waals surface area contributed by atoms with Gasteiger partial charge in [0.2, 0.25) is 0 Å². The number of hydrogen-bond donors (Lipinski definition) is 2. The van der Waals surface area contributed by atoms with Gasteiger partial charge in [0.1, 0.15) is 12.3 Å². The van der Waals surface area contributed by atoms with Crippen LogP contribution < -0.4 is 15.0 Å². The standard InChI is InChI=1S/C18H18ClF3N2O2/c1-24(10-12-5-3-4-6-16(12)26-2)11-17(25)23-15-8-7-13(19)9-14(15)18(20,21)22/h3-9H,10-11H2,1-2H3,(H,23,25)/p+1. The van der Waals surface area contributed by atoms with Crippen LogP contribution in [-0.4, -0.2) is 26.6 Å². The first-order valence-corrected chi connectivity index (χ1v) is 8.18. The first-order chi connectivity index (χ1) is 12.2. The molecule has 2 aromatic carbocycles. The molecule has 0 aliphatic heterocycles. The zero-order valence-corrected chi connectivity index (χ0v) is 15.0. The number of rotatable bonds is 6. The quantitative estimate of drug-likeness (QED) is 0.800. The number of anilines is 1. The summed E-state index contributed by atoms with van der Waals surface area (Å²) in [5.41, 5.74) is -0.375. The maximum Gasteiger partial charge on any atom is 0.418 e. The topological polar surface area (TPSA) is 42.8 Å². The summed E-state index contributed by atoms with van der Waals surface area (Å²) in [6.07, 6.45) is -4.61. The fourth-order valence-corrected chi connectivity index (χ4v) is 2.74. The number of carbonyl (C=O) groups is 1. The van der Waals surface area contributed by atoms with Gasteiger partial charge in [-0.05, 0) is 30.3 Å². The van der Waals surface area contributed by atoms with Crippen LogP contribution in [0.2, 0.25) is 5.02 Å². The van der Waals surface area contributed by atoms with E-state index in [1.165, 1.54) is 6.07 Å². The minimum Gasteiger partial charge on any atom is -0.496 e. The Morgan fingerprint density at radius 1 is 1.23 bits per heavy atom. The highest BCUT2D eigenvalue weighted by atomic mass is 35.5. The fraction of sp³-hybridized carbons (Fsp3) is 0.278. The lowest BCUT2D eigenvalue weighted by molar-refractivity contribution is -0.885. The Balaban J connectivity index is 2.05. The molecule has 0 saturated heterocycles. The summed E-state index contributed by atoms with van der Waals surface area (Å²) in [5.74, 6) is 0.175. The van der Waals surface area contributed by atoms with Gasteiger partial charge in [0.15, 0.2) is 6.54 Å². The fourth-order valence-electron chi connectivity index (χ4n) is 2.57. The van der Waals surface area contributed by atoms with Gasteiger partial charge in [0, 0.05) is 10.6 Å². The number of amides is 1. The van der Waals surface area contributed by atoms with Gasteiger partial charge in [-0.25, -0.2) is 0 Å². The summed E-state index contributed by atoms with van der Waals surface area (Å²) in [7, 11) is 3.33. The van der Waals surface area contributed by atoms with Crippen molar-refractivity contribution in [2.45, 2.75) is 12.7 Å². The third-order valence-corrected chi connectivity index (χ3v) is 3.94. The van der Waals surface area contributed by atoms with Crippen molar-refractivity contribution in [3.63, 3.8) is 0 Å². The number of carbonyl (C=O) groups excluding carboxylic acids is 1. The van der Waals surface area contributed by atoms with Crippen molar-refractivity contribution in [1.82, 2.24) is 0 Å². The first kappa shape index (κ1) is 20.1. The van der Waals surface area contributed by atoms with E-state index in [4.69, 9.17) is 16.3 Å². The van der Waals surface area contributed by atoms with Crippen LogP contribution in [0.3, 0.4) is 0 Å². The lowest BCUT2D eigenvalue weighted by atomic mass is 10.1. The Morgan fingerprint density at radius 2 is 1.92 bits per heavy atom. The molecule has 0 aromatic heterocycles. The molecule has 0 aliphatic carbocycles. The molecule has 1 amide bonds. The number of alkyl halides is 3. The van der Waals surface area contributed by atoms with Crippen LogP contribution in [0, 0.1) is 0 Å². The van der Waals surface area contributed by atoms with Crippen molar-refractivity contribution in [3.8, 4) is 5.75 Å². The molecule has 26 heavy (non-hydrogen) atoms. The molecule has 0 spiro atoms. The molecular weight excluding hydrogens is 369 g/mol. The number of methoxy groups -OCH3 is 1. The summed E-state index contributed by atoms with van der Waals surface area (Å²) >= 11 is 5.63. The van der Waals surface area contributed by atoms with Crippen LogP contribution >= 0.6 is 11.6 Å². The third kappa shape index (κ3) is 5.37. The summed E-state index contributed by atoms with van der Waals surface area (Å²) in [6.45, 7) is 0.488. The van der Waals surface area contributed by atoms with E-state index in [9.17, 15) is 18.0 Å². The molecule has 0 aliphatic rings. The Morgan fingerprint density at radius 3 is 2.58 bits per heavy atom. The summed E-state index contributed by atoms with van der Waals surface area (Å²) in [5, 5.41) is 2.27. The number of para-hydroxylation sites is 1. The highest BCUT2D eigenvalue weighted by molar-refractivity contribution is 6.30. The van der Waals surface area contributed by atoms with E-state index in [0.717, 1.165) is 22.6 Å². The molecule has 140 valence electrons. The van der Waals surface area contributed by atoms with E-state index in [1.54, 1.807) is 14.2 Å². The van der Waals surface area contributed by atoms with Gasteiger partial charge < -0.3 is 15.0 Å². The molecule has 4 nitrogen and oxygen atoms in total. The number of nitrogens with one attached hydrogen (secondary N) is 2. The van der Waals surface area contributed by atoms with E-state index >= 15 is 0 Å². The highest BCUT2D eigenvalue weighted by Gasteiger charge is 2.34. The van der Waals surface area contributed by atoms with Crippen molar-refractivity contribution in [2.75, 3.05) is 26.0 Å². The van der Waals surface area contributed by atoms with Gasteiger partial charge >= 0.3 is 6.18 Å². The van der Waals surface area contributed by atoms with Gasteiger partial charge in [-0.3, -0.25) is 4.79 Å². The minimum atomic E-state index is -4.61. The zero-order valence-electron chi connectivity index (χ0n) is 14.3. The molecule has 1 atom stereocenters. The number of benzene rings is 2. The number of hydrogen-bond acceptors (Lipinski definition) is 2. The summed E-state index contributed by atoms with van der Waals surface area (Å²) in [6, 6.07) is 10.6. The molecular formula is C18H19ClF3N2O2+. The zero-order chi connectivity index (χ0) is 19.3. The average Bonchev–Trinajstić information content (AvgIpc) is 2.55. The lowest BCUT2D eigenvalue weighted by Gasteiger charge is -2.17. The molecule has 2 N–H and O–H groups in total. The second-order valence-electron chi connectivity index (χ2n) is 5.86. The predicted molar refractivity (Wildman–Crippen MR) is 93.5 cm³/mol. The minimum absolute atomic E-state index is 0.00201. The molecule has 2 rings (SSSR count). The van der Waals surface area contributed by atoms with Gasteiger partial charge in [0.25, 0.3) is 5.91 Å². The van der Waals surface area contributed by atoms with Crippen LogP contribution in [-0.2, 0) is 17.5 Å². The molecule has 2 aromatic rings. The smallest absolute Gasteiger partial charge is 0.418 e. The van der Waals surface area contributed by atoms with Crippen LogP contribution in [0.25, 0.3) is 0 Å². The first-order valence-electron chi connectivity index (χ1n) is 7.80. The maximum absolute atomic E-state index is 13.1. The second kappa shape index (κ2) is 8.42. The van der Waals surface area contributed by atoms with Gasteiger partial charge in [-0.1, -0.05) is 23.7 Å². The summed E-state index contributed by atoms with van der Waals surface area (Å²) in [4.78, 5) is 13.0. The number of ether oxygens (including phenoxy) is 1. The van der Waals surface area contributed by atoms with Crippen LogP contribution in [0.15, 0.2) is 42.5 Å². The van der Waals surface area contributed by atoms with Crippen LogP contribution in [0.1, 0.15) is 11.1 Å². The van der Waals surface area contributed by atoms with E-state index in [-0.39, 0.29) is 17.3 Å². The Labute approximate surface area is 154 Å². The van der Waals surface area contributed by atoms with Crippen LogP contribution in [0.4, 0.5) is 18.9 Å². The average molecular weight is 388 g/mol. The Bertz CT molecular complexity index is 781. The largest absolute Gasteiger partial charge is 0.496 e. The van der Waals surface area contributed by atoms with Gasteiger partial charge in [-0.2, -0.15) is 13.2 Å². The van der Waals surface area contributed by atoms with Crippen molar-refractivity contribution in [2.24, 2.45) is 0 Å². The van der Waals surface area contributed by atoms with Gasteiger partial charge in [-0.15, -0.1) is 0 Å². The Hall–Kier alpha value is -2.25.